The molecule has 0 N–H and O–H groups in total. The van der Waals surface area contributed by atoms with Gasteiger partial charge in [0.15, 0.2) is 5.12 Å². The number of ether oxygens (including phenoxy) is 2. The topological polar surface area (TPSA) is 77.5 Å². The summed E-state index contributed by atoms with van der Waals surface area (Å²) in [5.41, 5.74) is -0.629. The van der Waals surface area contributed by atoms with Crippen molar-refractivity contribution in [2.24, 2.45) is 5.41 Å². The Bertz CT molecular complexity index is 964. The van der Waals surface area contributed by atoms with Crippen LogP contribution in [0, 0.1) is 5.41 Å². The molecule has 228 valence electrons. The van der Waals surface area contributed by atoms with Crippen LogP contribution in [0.4, 0.5) is 4.79 Å². The highest BCUT2D eigenvalue weighted by Crippen LogP contribution is 2.46. The summed E-state index contributed by atoms with van der Waals surface area (Å²) < 4.78 is 26.5. The molecule has 1 aliphatic rings. The zero-order valence-corrected chi connectivity index (χ0v) is 28.3. The van der Waals surface area contributed by atoms with Gasteiger partial charge in [-0.3, -0.25) is 9.69 Å². The van der Waals surface area contributed by atoms with Gasteiger partial charge in [0.1, 0.15) is 17.1 Å². The molecule has 0 saturated carbocycles. The maximum Gasteiger partial charge on any atom is 0.412 e. The second-order valence-corrected chi connectivity index (χ2v) is 15.7. The lowest BCUT2D eigenvalue weighted by atomic mass is 10.00. The van der Waals surface area contributed by atoms with Gasteiger partial charge in [-0.15, -0.1) is 0 Å². The van der Waals surface area contributed by atoms with E-state index in [-0.39, 0.29) is 34.7 Å². The lowest BCUT2D eigenvalue weighted by molar-refractivity contribution is -0.117. The summed E-state index contributed by atoms with van der Waals surface area (Å²) in [6.07, 6.45) is 0.268. The van der Waals surface area contributed by atoms with E-state index < -0.39 is 19.9 Å². The molecule has 1 saturated heterocycles. The van der Waals surface area contributed by atoms with Gasteiger partial charge in [-0.05, 0) is 86.4 Å². The number of benzene rings is 1. The Labute approximate surface area is 247 Å². The van der Waals surface area contributed by atoms with Crippen LogP contribution in [0.1, 0.15) is 88.6 Å². The molecule has 1 aromatic carbocycles. The molecule has 10 heteroatoms. The average molecular weight is 599 g/mol. The minimum absolute atomic E-state index is 0.136. The van der Waals surface area contributed by atoms with Crippen LogP contribution in [0.3, 0.4) is 0 Å². The van der Waals surface area contributed by atoms with Crippen molar-refractivity contribution in [3.63, 3.8) is 0 Å². The molecular weight excluding hydrogens is 547 g/mol. The van der Waals surface area contributed by atoms with E-state index in [2.05, 4.69) is 32.4 Å². The Kier molecular flexibility index (Phi) is 12.4. The molecule has 2 atom stereocenters. The standard InChI is InChI=1S/C30H51N2O6PS/c1-21(2)32(22(3)4)39(36-17-18-40-26(33)28(5,6)7)38-25-15-13-23(14-16-25)19-24-20-35-30(11,12)31(24)27(34)37-29(8,9)10/h13-16,21-22,24H,17-20H2,1-12H3/t24-,39?/m0/s1. The lowest BCUT2D eigenvalue weighted by Crippen LogP contribution is -2.50. The minimum atomic E-state index is -1.38. The molecule has 0 aromatic heterocycles. The number of carbonyl (C=O) groups is 2. The van der Waals surface area contributed by atoms with Gasteiger partial charge in [-0.2, -0.15) is 0 Å². The summed E-state index contributed by atoms with van der Waals surface area (Å²) in [4.78, 5) is 27.0. The predicted molar refractivity (Wildman–Crippen MR) is 165 cm³/mol. The third-order valence-corrected chi connectivity index (χ3v) is 9.44. The van der Waals surface area contributed by atoms with Crippen LogP contribution in [0.25, 0.3) is 0 Å². The molecule has 8 nitrogen and oxygen atoms in total. The first-order valence-corrected chi connectivity index (χ1v) is 16.2. The van der Waals surface area contributed by atoms with E-state index in [1.54, 1.807) is 4.90 Å². The van der Waals surface area contributed by atoms with Crippen LogP contribution in [0.2, 0.25) is 0 Å². The molecule has 0 bridgehead atoms. The second-order valence-electron chi connectivity index (χ2n) is 13.2. The molecule has 1 heterocycles. The van der Waals surface area contributed by atoms with E-state index in [0.29, 0.717) is 31.1 Å². The van der Waals surface area contributed by atoms with Gasteiger partial charge in [0.25, 0.3) is 0 Å². The lowest BCUT2D eigenvalue weighted by Gasteiger charge is -2.35. The largest absolute Gasteiger partial charge is 0.444 e. The van der Waals surface area contributed by atoms with Crippen molar-refractivity contribution in [2.75, 3.05) is 19.0 Å². The molecule has 1 unspecified atom stereocenters. The highest BCUT2D eigenvalue weighted by atomic mass is 32.2. The van der Waals surface area contributed by atoms with Gasteiger partial charge in [0.2, 0.25) is 0 Å². The molecule has 1 aromatic rings. The third kappa shape index (κ3) is 10.5. The van der Waals surface area contributed by atoms with Crippen molar-refractivity contribution in [3.05, 3.63) is 29.8 Å². The van der Waals surface area contributed by atoms with E-state index >= 15 is 0 Å². The maximum absolute atomic E-state index is 13.0. The van der Waals surface area contributed by atoms with E-state index in [4.69, 9.17) is 18.5 Å². The van der Waals surface area contributed by atoms with Crippen LogP contribution < -0.4 is 4.52 Å². The Morgan fingerprint density at radius 2 is 1.65 bits per heavy atom. The normalized spacial score (nSPS) is 18.5. The number of nitrogens with zero attached hydrogens (tertiary/aromatic N) is 2. The zero-order chi connectivity index (χ0) is 30.5. The fraction of sp³-hybridized carbons (Fsp3) is 0.733. The van der Waals surface area contributed by atoms with Crippen LogP contribution >= 0.6 is 20.3 Å². The quantitative estimate of drug-likeness (QED) is 0.190. The number of rotatable bonds is 11. The van der Waals surface area contributed by atoms with Gasteiger partial charge in [-0.25, -0.2) is 9.46 Å². The van der Waals surface area contributed by atoms with Crippen molar-refractivity contribution in [1.82, 2.24) is 9.57 Å². The molecular formula is C30H51N2O6PS. The van der Waals surface area contributed by atoms with Crippen molar-refractivity contribution < 1.29 is 28.1 Å². The second kappa shape index (κ2) is 14.2. The zero-order valence-electron chi connectivity index (χ0n) is 26.6. The highest BCUT2D eigenvalue weighted by Gasteiger charge is 2.45. The van der Waals surface area contributed by atoms with Crippen LogP contribution in [0.5, 0.6) is 5.75 Å². The van der Waals surface area contributed by atoms with Gasteiger partial charge < -0.3 is 18.5 Å². The smallest absolute Gasteiger partial charge is 0.412 e. The van der Waals surface area contributed by atoms with Crippen LogP contribution in [-0.4, -0.2) is 69.2 Å². The van der Waals surface area contributed by atoms with Gasteiger partial charge in [0.05, 0.1) is 19.3 Å². The van der Waals surface area contributed by atoms with Gasteiger partial charge in [0, 0.05) is 23.3 Å². The van der Waals surface area contributed by atoms with E-state index in [9.17, 15) is 9.59 Å². The Morgan fingerprint density at radius 1 is 1.07 bits per heavy atom. The Morgan fingerprint density at radius 3 is 2.15 bits per heavy atom. The SMILES string of the molecule is CC(C)N(C(C)C)P(OCCSC(=O)C(C)(C)C)Oc1ccc(C[C@H]2COC(C)(C)N2C(=O)OC(C)(C)C)cc1. The minimum Gasteiger partial charge on any atom is -0.444 e. The summed E-state index contributed by atoms with van der Waals surface area (Å²) >= 11 is 1.31. The Balaban J connectivity index is 2.10. The van der Waals surface area contributed by atoms with Crippen molar-refractivity contribution in [1.29, 1.82) is 0 Å². The number of amides is 1. The van der Waals surface area contributed by atoms with Crippen molar-refractivity contribution in [2.45, 2.75) is 119 Å². The van der Waals surface area contributed by atoms with Crippen LogP contribution in [0.15, 0.2) is 24.3 Å². The molecule has 40 heavy (non-hydrogen) atoms. The average Bonchev–Trinajstić information content (AvgIpc) is 3.09. The molecule has 1 aliphatic heterocycles. The number of thioether (sulfide) groups is 1. The molecule has 1 amide bonds. The summed E-state index contributed by atoms with van der Waals surface area (Å²) in [5.74, 6) is 1.29. The fourth-order valence-corrected chi connectivity index (χ4v) is 6.84. The molecule has 0 aliphatic carbocycles. The summed E-state index contributed by atoms with van der Waals surface area (Å²) in [5, 5.41) is 0.155. The maximum atomic E-state index is 13.0. The monoisotopic (exact) mass is 598 g/mol. The first-order chi connectivity index (χ1) is 18.3. The number of hydrogen-bond donors (Lipinski definition) is 0. The number of hydrogen-bond acceptors (Lipinski definition) is 8. The van der Waals surface area contributed by atoms with Crippen molar-refractivity contribution >= 4 is 31.5 Å². The third-order valence-electron chi connectivity index (χ3n) is 6.12. The fourth-order valence-electron chi connectivity index (χ4n) is 4.34. The molecule has 1 fully saturated rings. The summed E-state index contributed by atoms with van der Waals surface area (Å²) in [6, 6.07) is 8.25. The predicted octanol–water partition coefficient (Wildman–Crippen LogP) is 7.65. The van der Waals surface area contributed by atoms with E-state index in [1.165, 1.54) is 11.8 Å². The van der Waals surface area contributed by atoms with E-state index in [1.807, 2.05) is 79.7 Å². The molecule has 2 rings (SSSR count). The first-order valence-electron chi connectivity index (χ1n) is 14.1. The van der Waals surface area contributed by atoms with Crippen LogP contribution in [-0.2, 0) is 25.2 Å². The summed E-state index contributed by atoms with van der Waals surface area (Å²) in [7, 11) is -1.38. The van der Waals surface area contributed by atoms with Gasteiger partial charge >= 0.3 is 14.6 Å². The highest BCUT2D eigenvalue weighted by molar-refractivity contribution is 8.13. The molecule has 0 radical (unpaired) electrons. The van der Waals surface area contributed by atoms with E-state index in [0.717, 1.165) is 5.56 Å². The molecule has 0 spiro atoms. The summed E-state index contributed by atoms with van der Waals surface area (Å²) in [6.45, 7) is 24.5. The first kappa shape index (κ1) is 34.8. The van der Waals surface area contributed by atoms with Gasteiger partial charge in [-0.1, -0.05) is 44.7 Å². The Hall–Kier alpha value is -1.38. The van der Waals surface area contributed by atoms with Crippen molar-refractivity contribution in [3.8, 4) is 5.75 Å². The number of carbonyl (C=O) groups excluding carboxylic acids is 2.